The van der Waals surface area contributed by atoms with Crippen LogP contribution in [0, 0.1) is 0 Å². The van der Waals surface area contributed by atoms with Crippen LogP contribution in [0.25, 0.3) is 54.8 Å². The molecule has 0 aliphatic carbocycles. The van der Waals surface area contributed by atoms with Gasteiger partial charge in [-0.25, -0.2) is 12.6 Å². The maximum atomic E-state index is 11.9. The minimum absolute atomic E-state index is 0.108. The number of hydrogen-bond acceptors (Lipinski definition) is 17. The molecule has 6 aromatic carbocycles. The SMILES string of the molecule is C=S.C=S.CCC(=Cc1sc2cc(OC)c(OC)cc2[n+]1CCCS(=O)(=O)[O-])/C=C1\Oc2ccc(-c3ccccc3)cc2N1CCC(C)S(=O)(=O)O.CCN1C(=CC(C)=Cc2sc3ccccc3[n+]2CN=S(C)(=O)O)Oc2ccc(-c3ccccc3)cc21. The van der Waals surface area contributed by atoms with Gasteiger partial charge in [-0.1, -0.05) is 139 Å². The molecule has 0 spiro atoms. The summed E-state index contributed by atoms with van der Waals surface area (Å²) < 4.78 is 123. The van der Waals surface area contributed by atoms with Crippen LogP contribution in [0.1, 0.15) is 57.0 Å². The highest BCUT2D eigenvalue weighted by Crippen LogP contribution is 2.44. The molecule has 0 fully saturated rings. The van der Waals surface area contributed by atoms with E-state index in [0.717, 1.165) is 87.8 Å². The van der Waals surface area contributed by atoms with Crippen LogP contribution in [0.15, 0.2) is 173 Å². The molecular formula is C64H70N5O12S7+. The first-order chi connectivity index (χ1) is 42.1. The number of nitrogens with zero attached hydrogens (tertiary/aromatic N) is 5. The van der Waals surface area contributed by atoms with E-state index in [4.69, 9.17) is 18.9 Å². The lowest BCUT2D eigenvalue weighted by Crippen LogP contribution is -2.36. The largest absolute Gasteiger partial charge is 0.748 e. The van der Waals surface area contributed by atoms with E-state index in [0.29, 0.717) is 29.6 Å². The van der Waals surface area contributed by atoms with Crippen molar-refractivity contribution in [2.45, 2.75) is 65.4 Å². The number of methoxy groups -OCH3 is 2. The predicted molar refractivity (Wildman–Crippen MR) is 364 cm³/mol. The number of aryl methyl sites for hydroxylation is 1. The molecule has 10 rings (SSSR count). The zero-order valence-corrected chi connectivity index (χ0v) is 55.4. The van der Waals surface area contributed by atoms with Crippen LogP contribution < -0.4 is 37.9 Å². The van der Waals surface area contributed by atoms with Gasteiger partial charge in [0.05, 0.1) is 47.0 Å². The fraction of sp³-hybridized carbons (Fsp3) is 0.250. The minimum Gasteiger partial charge on any atom is -0.748 e. The van der Waals surface area contributed by atoms with Gasteiger partial charge in [0, 0.05) is 68.0 Å². The van der Waals surface area contributed by atoms with Gasteiger partial charge < -0.3 is 37.9 Å². The number of aromatic nitrogens is 2. The quantitative estimate of drug-likeness (QED) is 0.0412. The highest BCUT2D eigenvalue weighted by Gasteiger charge is 2.31. The molecule has 2 unspecified atom stereocenters. The van der Waals surface area contributed by atoms with E-state index in [2.05, 4.69) is 82.7 Å². The van der Waals surface area contributed by atoms with Crippen LogP contribution in [0.3, 0.4) is 0 Å². The predicted octanol–water partition coefficient (Wildman–Crippen LogP) is 13.8. The summed E-state index contributed by atoms with van der Waals surface area (Å²) in [6.45, 7) is 9.03. The topological polar surface area (TPSA) is 212 Å². The third kappa shape index (κ3) is 17.3. The molecule has 0 bridgehead atoms. The van der Waals surface area contributed by atoms with Crippen LogP contribution in [0.2, 0.25) is 0 Å². The standard InChI is InChI=1S/C34H38N2O9S3.C28H27N3O3S2.2CH2S/c1-5-24(19-34-36(15-9-17-47(37,38)39)28-21-30(43-3)31(44-4)22-32(28)46-34)18-33-35(16-14-23(2)48(40,41)42)27-20-26(12-13-29(27)45-33)25-10-7-6-8-11-25;1-4-30-24-18-22(21-10-6-5-7-11-21)14-15-25(24)34-27(30)16-20(2)17-28-31(19-29-36(3,32)33)23-12-8-9-13-26(23)35-28;2*1-2/h6-8,10-13,18-23H,5,9,14-17H2,1-4H3,(H-,37,38,39,40,41,42);5-18H,4,19H2,1-3H3;2*1H2/p+1. The fourth-order valence-electron chi connectivity index (χ4n) is 9.69. The van der Waals surface area contributed by atoms with Crippen molar-refractivity contribution in [2.24, 2.45) is 4.36 Å². The maximum absolute atomic E-state index is 11.9. The average molecular weight is 1330 g/mol. The Hall–Kier alpha value is -7.23. The Labute approximate surface area is 534 Å². The van der Waals surface area contributed by atoms with Crippen molar-refractivity contribution < 1.29 is 62.8 Å². The van der Waals surface area contributed by atoms with Gasteiger partial charge in [-0.05, 0) is 109 Å². The lowest BCUT2D eigenvalue weighted by molar-refractivity contribution is -0.668. The van der Waals surface area contributed by atoms with Crippen LogP contribution in [0.5, 0.6) is 23.0 Å². The van der Waals surface area contributed by atoms with Gasteiger partial charge in [-0.15, -0.1) is 4.36 Å². The molecule has 17 nitrogen and oxygen atoms in total. The molecule has 0 saturated carbocycles. The van der Waals surface area contributed by atoms with Gasteiger partial charge in [0.2, 0.25) is 22.8 Å². The second-order valence-electron chi connectivity index (χ2n) is 20.0. The number of benzene rings is 6. The highest BCUT2D eigenvalue weighted by atomic mass is 32.2. The molecular weight excluding hydrogens is 1260 g/mol. The molecule has 2 N–H and O–H groups in total. The molecule has 0 saturated heterocycles. The summed E-state index contributed by atoms with van der Waals surface area (Å²) in [6.07, 6.45) is 10.1. The smallest absolute Gasteiger partial charge is 0.267 e. The van der Waals surface area contributed by atoms with E-state index in [1.54, 1.807) is 18.4 Å². The summed E-state index contributed by atoms with van der Waals surface area (Å²) in [4.78, 5) is 4.09. The number of rotatable bonds is 20. The Bertz CT molecular complexity index is 4260. The summed E-state index contributed by atoms with van der Waals surface area (Å²) in [5, 5.41) is 0.777. The second kappa shape index (κ2) is 30.8. The number of thiocarbonyl (C=S) groups is 2. The van der Waals surface area contributed by atoms with E-state index in [-0.39, 0.29) is 32.6 Å². The Kier molecular flexibility index (Phi) is 23.9. The summed E-state index contributed by atoms with van der Waals surface area (Å²) in [7, 11) is -8.72. The van der Waals surface area contributed by atoms with E-state index in [9.17, 15) is 34.7 Å². The monoisotopic (exact) mass is 1320 g/mol. The third-order valence-electron chi connectivity index (χ3n) is 14.1. The number of thiazole rings is 2. The molecule has 8 aromatic rings. The van der Waals surface area contributed by atoms with Gasteiger partial charge in [-0.3, -0.25) is 4.55 Å². The Morgan fingerprint density at radius 2 is 1.23 bits per heavy atom. The minimum atomic E-state index is -4.39. The normalized spacial score (nSPS) is 14.9. The van der Waals surface area contributed by atoms with Gasteiger partial charge in [0.1, 0.15) is 9.40 Å². The van der Waals surface area contributed by atoms with Gasteiger partial charge in [0.15, 0.2) is 39.6 Å². The van der Waals surface area contributed by atoms with Gasteiger partial charge in [-0.2, -0.15) is 17.6 Å². The fourth-order valence-corrected chi connectivity index (χ4v) is 13.2. The van der Waals surface area contributed by atoms with E-state index < -0.39 is 41.2 Å². The first kappa shape index (κ1) is 68.3. The number of para-hydroxylation sites is 1. The molecule has 2 aromatic heterocycles. The Morgan fingerprint density at radius 1 is 0.693 bits per heavy atom. The van der Waals surface area contributed by atoms with Crippen LogP contribution in [-0.4, -0.2) is 91.0 Å². The molecule has 2 aliphatic rings. The Balaban J connectivity index is 0.000000246. The molecule has 24 heteroatoms. The third-order valence-corrected chi connectivity index (χ3v) is 18.9. The van der Waals surface area contributed by atoms with E-state index in [1.807, 2.05) is 155 Å². The molecule has 88 heavy (non-hydrogen) atoms. The van der Waals surface area contributed by atoms with Gasteiger partial charge >= 0.3 is 0 Å². The molecule has 2 atom stereocenters. The number of allylic oxidation sites excluding steroid dienone is 4. The molecule has 0 radical (unpaired) electrons. The molecule has 2 aliphatic heterocycles. The van der Waals surface area contributed by atoms with E-state index >= 15 is 0 Å². The lowest BCUT2D eigenvalue weighted by atomic mass is 10.0. The zero-order chi connectivity index (χ0) is 63.9. The summed E-state index contributed by atoms with van der Waals surface area (Å²) in [5.74, 6) is 8.97. The second-order valence-corrected chi connectivity index (χ2v) is 27.3. The van der Waals surface area contributed by atoms with Crippen molar-refractivity contribution in [1.29, 1.82) is 0 Å². The van der Waals surface area contributed by atoms with Crippen LogP contribution in [-0.2, 0) is 43.5 Å². The number of hydrogen-bond donors (Lipinski definition) is 2. The van der Waals surface area contributed by atoms with Crippen molar-refractivity contribution in [2.75, 3.05) is 49.1 Å². The molecule has 464 valence electrons. The highest BCUT2D eigenvalue weighted by molar-refractivity contribution is 7.87. The van der Waals surface area contributed by atoms with E-state index in [1.165, 1.54) is 37.2 Å². The Morgan fingerprint density at radius 3 is 1.77 bits per heavy atom. The number of ether oxygens (including phenoxy) is 4. The molecule has 4 heterocycles. The average Bonchev–Trinajstić information content (AvgIpc) is 3.36. The summed E-state index contributed by atoms with van der Waals surface area (Å²) in [5.41, 5.74) is 9.79. The first-order valence-corrected chi connectivity index (χ1v) is 35.4. The van der Waals surface area contributed by atoms with Crippen LogP contribution in [0.4, 0.5) is 11.4 Å². The first-order valence-electron chi connectivity index (χ1n) is 27.6. The van der Waals surface area contributed by atoms with Crippen molar-refractivity contribution in [3.63, 3.8) is 0 Å². The van der Waals surface area contributed by atoms with Crippen molar-refractivity contribution >= 4 is 133 Å². The number of fused-ring (bicyclic) bond motifs is 4. The van der Waals surface area contributed by atoms with Crippen LogP contribution >= 0.6 is 47.1 Å². The van der Waals surface area contributed by atoms with Crippen molar-refractivity contribution in [3.8, 4) is 45.3 Å². The van der Waals surface area contributed by atoms with Gasteiger partial charge in [0.25, 0.3) is 26.8 Å². The summed E-state index contributed by atoms with van der Waals surface area (Å²) in [6, 6.07) is 44.0. The summed E-state index contributed by atoms with van der Waals surface area (Å²) >= 11 is 10.8. The lowest BCUT2D eigenvalue weighted by Gasteiger charge is -2.20. The van der Waals surface area contributed by atoms with Crippen molar-refractivity contribution in [1.82, 2.24) is 0 Å². The molecule has 0 amide bonds. The zero-order valence-electron chi connectivity index (χ0n) is 49.7. The van der Waals surface area contributed by atoms with Crippen molar-refractivity contribution in [3.05, 3.63) is 179 Å². The number of anilines is 2. The maximum Gasteiger partial charge on any atom is 0.267 e.